The molecule has 1 aliphatic heterocycles. The molecule has 78 valence electrons. The molecule has 0 aromatic heterocycles. The van der Waals surface area contributed by atoms with Crippen molar-refractivity contribution in [2.75, 3.05) is 19.3 Å². The van der Waals surface area contributed by atoms with Crippen molar-refractivity contribution in [3.63, 3.8) is 0 Å². The molecule has 0 bridgehead atoms. The highest BCUT2D eigenvalue weighted by Crippen LogP contribution is 2.12. The molecular formula is C8H12N2O3S. The summed E-state index contributed by atoms with van der Waals surface area (Å²) in [7, 11) is 1.56. The maximum absolute atomic E-state index is 11.6. The largest absolute Gasteiger partial charge is 0.344 e. The standard InChI is InChI=1S/C8H12N2O3S/c1-5(11)9-6-4-14-7(12)3-10(2)8(6)13/h6H,3-4H2,1-2H3,(H,9,11). The van der Waals surface area contributed by atoms with Crippen molar-refractivity contribution in [3.05, 3.63) is 0 Å². The van der Waals surface area contributed by atoms with E-state index in [0.29, 0.717) is 5.75 Å². The summed E-state index contributed by atoms with van der Waals surface area (Å²) in [6.45, 7) is 1.46. The van der Waals surface area contributed by atoms with Gasteiger partial charge in [0, 0.05) is 19.7 Å². The Labute approximate surface area is 86.2 Å². The number of hydrogen-bond donors (Lipinski definition) is 1. The molecule has 0 saturated carbocycles. The molecule has 0 aliphatic carbocycles. The molecule has 1 atom stereocenters. The number of carbonyl (C=O) groups excluding carboxylic acids is 3. The van der Waals surface area contributed by atoms with Crippen molar-refractivity contribution in [2.24, 2.45) is 0 Å². The normalized spacial score (nSPS) is 23.3. The number of rotatable bonds is 1. The first-order valence-corrected chi connectivity index (χ1v) is 5.17. The number of nitrogens with zero attached hydrogens (tertiary/aromatic N) is 1. The lowest BCUT2D eigenvalue weighted by Gasteiger charge is -2.18. The number of amides is 2. The molecule has 1 heterocycles. The van der Waals surface area contributed by atoms with Gasteiger partial charge in [-0.15, -0.1) is 0 Å². The van der Waals surface area contributed by atoms with E-state index >= 15 is 0 Å². The summed E-state index contributed by atoms with van der Waals surface area (Å²) in [5.41, 5.74) is 0. The molecule has 0 spiro atoms. The van der Waals surface area contributed by atoms with Gasteiger partial charge in [0.25, 0.3) is 0 Å². The summed E-state index contributed by atoms with van der Waals surface area (Å²) in [4.78, 5) is 34.8. The number of carbonyl (C=O) groups is 3. The summed E-state index contributed by atoms with van der Waals surface area (Å²) in [6.07, 6.45) is 0. The minimum Gasteiger partial charge on any atom is -0.344 e. The molecule has 1 aliphatic rings. The van der Waals surface area contributed by atoms with Crippen molar-refractivity contribution in [2.45, 2.75) is 13.0 Å². The summed E-state index contributed by atoms with van der Waals surface area (Å²) >= 11 is 1.08. The lowest BCUT2D eigenvalue weighted by atomic mass is 10.3. The molecule has 0 aromatic carbocycles. The minimum atomic E-state index is -0.575. The first kappa shape index (κ1) is 11.0. The third-order valence-electron chi connectivity index (χ3n) is 1.83. The summed E-state index contributed by atoms with van der Waals surface area (Å²) in [6, 6.07) is -0.575. The quantitative estimate of drug-likeness (QED) is 0.624. The van der Waals surface area contributed by atoms with Crippen LogP contribution in [0.5, 0.6) is 0 Å². The van der Waals surface area contributed by atoms with Gasteiger partial charge in [0.2, 0.25) is 16.9 Å². The third kappa shape index (κ3) is 2.73. The van der Waals surface area contributed by atoms with Crippen molar-refractivity contribution in [1.82, 2.24) is 10.2 Å². The second-order valence-corrected chi connectivity index (χ2v) is 4.21. The molecule has 1 saturated heterocycles. The van der Waals surface area contributed by atoms with Crippen LogP contribution in [-0.2, 0) is 14.4 Å². The Kier molecular flexibility index (Phi) is 3.51. The first-order valence-electron chi connectivity index (χ1n) is 4.18. The van der Waals surface area contributed by atoms with Crippen LogP contribution >= 0.6 is 11.8 Å². The van der Waals surface area contributed by atoms with Gasteiger partial charge in [-0.2, -0.15) is 0 Å². The van der Waals surface area contributed by atoms with E-state index in [4.69, 9.17) is 0 Å². The lowest BCUT2D eigenvalue weighted by molar-refractivity contribution is -0.135. The van der Waals surface area contributed by atoms with Crippen LogP contribution in [-0.4, -0.2) is 47.2 Å². The molecule has 1 fully saturated rings. The van der Waals surface area contributed by atoms with E-state index in [-0.39, 0.29) is 23.5 Å². The van der Waals surface area contributed by atoms with Crippen molar-refractivity contribution in [1.29, 1.82) is 0 Å². The fourth-order valence-electron chi connectivity index (χ4n) is 1.18. The van der Waals surface area contributed by atoms with E-state index in [0.717, 1.165) is 11.8 Å². The topological polar surface area (TPSA) is 66.5 Å². The van der Waals surface area contributed by atoms with Gasteiger partial charge >= 0.3 is 0 Å². The van der Waals surface area contributed by atoms with E-state index in [1.165, 1.54) is 11.8 Å². The van der Waals surface area contributed by atoms with E-state index in [1.54, 1.807) is 7.05 Å². The zero-order chi connectivity index (χ0) is 10.7. The van der Waals surface area contributed by atoms with Crippen molar-refractivity contribution in [3.8, 4) is 0 Å². The van der Waals surface area contributed by atoms with Crippen molar-refractivity contribution >= 4 is 28.7 Å². The van der Waals surface area contributed by atoms with Crippen molar-refractivity contribution < 1.29 is 14.4 Å². The highest BCUT2D eigenvalue weighted by molar-refractivity contribution is 8.13. The van der Waals surface area contributed by atoms with Gasteiger partial charge in [-0.1, -0.05) is 11.8 Å². The molecule has 14 heavy (non-hydrogen) atoms. The molecule has 1 N–H and O–H groups in total. The molecule has 6 heteroatoms. The number of hydrogen-bond acceptors (Lipinski definition) is 4. The third-order valence-corrected chi connectivity index (χ3v) is 2.78. The maximum Gasteiger partial charge on any atom is 0.246 e. The van der Waals surface area contributed by atoms with E-state index in [9.17, 15) is 14.4 Å². The summed E-state index contributed by atoms with van der Waals surface area (Å²) in [5, 5.41) is 2.47. The van der Waals surface area contributed by atoms with Gasteiger partial charge in [-0.05, 0) is 0 Å². The fourth-order valence-corrected chi connectivity index (χ4v) is 2.04. The Hall–Kier alpha value is -1.04. The van der Waals surface area contributed by atoms with Crippen LogP contribution in [0.1, 0.15) is 6.92 Å². The fraction of sp³-hybridized carbons (Fsp3) is 0.625. The van der Waals surface area contributed by atoms with Gasteiger partial charge in [0.15, 0.2) is 0 Å². The predicted molar refractivity (Wildman–Crippen MR) is 52.7 cm³/mol. The van der Waals surface area contributed by atoms with Crippen LogP contribution in [0.3, 0.4) is 0 Å². The predicted octanol–water partition coefficient (Wildman–Crippen LogP) is -0.777. The maximum atomic E-state index is 11.6. The smallest absolute Gasteiger partial charge is 0.246 e. The second-order valence-electron chi connectivity index (χ2n) is 3.13. The lowest BCUT2D eigenvalue weighted by Crippen LogP contribution is -2.47. The van der Waals surface area contributed by atoms with Crippen LogP contribution in [0, 0.1) is 0 Å². The van der Waals surface area contributed by atoms with E-state index in [2.05, 4.69) is 5.32 Å². The Morgan fingerprint density at radius 1 is 1.57 bits per heavy atom. The Morgan fingerprint density at radius 3 is 2.79 bits per heavy atom. The SMILES string of the molecule is CC(=O)NC1CSC(=O)CN(C)C1=O. The molecule has 1 unspecified atom stereocenters. The minimum absolute atomic E-state index is 0.0475. The average molecular weight is 216 g/mol. The van der Waals surface area contributed by atoms with Crippen LogP contribution in [0.2, 0.25) is 0 Å². The van der Waals surface area contributed by atoms with Gasteiger partial charge in [0.05, 0.1) is 6.54 Å². The molecular weight excluding hydrogens is 204 g/mol. The Bertz CT molecular complexity index is 280. The molecule has 0 aromatic rings. The molecule has 2 amide bonds. The van der Waals surface area contributed by atoms with Gasteiger partial charge in [0.1, 0.15) is 6.04 Å². The zero-order valence-electron chi connectivity index (χ0n) is 8.07. The van der Waals surface area contributed by atoms with Crippen LogP contribution < -0.4 is 5.32 Å². The monoisotopic (exact) mass is 216 g/mol. The number of nitrogens with one attached hydrogen (secondary N) is 1. The van der Waals surface area contributed by atoms with Gasteiger partial charge in [-0.25, -0.2) is 0 Å². The number of thioether (sulfide) groups is 1. The summed E-state index contributed by atoms with van der Waals surface area (Å²) in [5.74, 6) is -0.146. The van der Waals surface area contributed by atoms with Crippen LogP contribution in [0.15, 0.2) is 0 Å². The van der Waals surface area contributed by atoms with Gasteiger partial charge < -0.3 is 10.2 Å². The molecule has 1 rings (SSSR count). The zero-order valence-corrected chi connectivity index (χ0v) is 8.89. The Morgan fingerprint density at radius 2 is 2.21 bits per heavy atom. The highest BCUT2D eigenvalue weighted by Gasteiger charge is 2.28. The van der Waals surface area contributed by atoms with Gasteiger partial charge in [-0.3, -0.25) is 14.4 Å². The molecule has 0 radical (unpaired) electrons. The number of likely N-dealkylation sites (N-methyl/N-ethyl adjacent to an activating group) is 1. The average Bonchev–Trinajstić information content (AvgIpc) is 2.18. The summed E-state index contributed by atoms with van der Waals surface area (Å²) < 4.78 is 0. The van der Waals surface area contributed by atoms with E-state index in [1.807, 2.05) is 0 Å². The first-order chi connectivity index (χ1) is 6.50. The second kappa shape index (κ2) is 4.45. The molecule has 5 nitrogen and oxygen atoms in total. The van der Waals surface area contributed by atoms with Crippen LogP contribution in [0.4, 0.5) is 0 Å². The highest BCUT2D eigenvalue weighted by atomic mass is 32.2. The van der Waals surface area contributed by atoms with Crippen LogP contribution in [0.25, 0.3) is 0 Å². The Balaban J connectivity index is 2.70. The van der Waals surface area contributed by atoms with E-state index < -0.39 is 6.04 Å².